The summed E-state index contributed by atoms with van der Waals surface area (Å²) in [7, 11) is -2.19. The number of esters is 1. The predicted molar refractivity (Wildman–Crippen MR) is 82.2 cm³/mol. The molecule has 1 N–H and O–H groups in total. The second-order valence-corrected chi connectivity index (χ2v) is 7.97. The maximum atomic E-state index is 12.1. The zero-order valence-electron chi connectivity index (χ0n) is 13.7. The van der Waals surface area contributed by atoms with Gasteiger partial charge in [-0.3, -0.25) is 4.79 Å². The molecule has 0 spiro atoms. The van der Waals surface area contributed by atoms with E-state index in [9.17, 15) is 18.0 Å². The van der Waals surface area contributed by atoms with Gasteiger partial charge in [-0.15, -0.1) is 0 Å². The molecule has 0 saturated carbocycles. The minimum atomic E-state index is -3.35. The first-order chi connectivity index (χ1) is 10.4. The standard InChI is InChI=1S/C13H21N3O6S/c1-13(2,3)22-12(18)9(6-7-23(5,19)20)15-11(17)10(8-14)16-21-4/h9H,6-7H2,1-5H3,(H,15,17)/b16-10+. The van der Waals surface area contributed by atoms with Gasteiger partial charge in [0.05, 0.1) is 5.75 Å². The molecule has 1 amide bonds. The van der Waals surface area contributed by atoms with Gasteiger partial charge in [0.1, 0.15) is 34.7 Å². The van der Waals surface area contributed by atoms with Crippen LogP contribution in [0, 0.1) is 11.3 Å². The summed E-state index contributed by atoms with van der Waals surface area (Å²) in [5, 5.41) is 14.2. The van der Waals surface area contributed by atoms with Crippen LogP contribution in [0.2, 0.25) is 0 Å². The van der Waals surface area contributed by atoms with Gasteiger partial charge >= 0.3 is 5.97 Å². The van der Waals surface area contributed by atoms with Crippen LogP contribution >= 0.6 is 0 Å². The summed E-state index contributed by atoms with van der Waals surface area (Å²) >= 11 is 0. The molecule has 0 rings (SSSR count). The summed E-state index contributed by atoms with van der Waals surface area (Å²) in [5.74, 6) is -2.09. The lowest BCUT2D eigenvalue weighted by atomic mass is 10.1. The number of nitriles is 1. The Hall–Kier alpha value is -2.15. The van der Waals surface area contributed by atoms with Gasteiger partial charge in [0.2, 0.25) is 5.71 Å². The Bertz CT molecular complexity index is 613. The van der Waals surface area contributed by atoms with Crippen molar-refractivity contribution in [3.63, 3.8) is 0 Å². The quantitative estimate of drug-likeness (QED) is 0.382. The number of ether oxygens (including phenoxy) is 1. The fourth-order valence-corrected chi connectivity index (χ4v) is 2.05. The van der Waals surface area contributed by atoms with E-state index in [2.05, 4.69) is 15.3 Å². The molecule has 0 aromatic heterocycles. The third-order valence-electron chi connectivity index (χ3n) is 2.28. The SMILES string of the molecule is CO/N=C(\C#N)C(=O)NC(CCS(C)(=O)=O)C(=O)OC(C)(C)C. The first-order valence-corrected chi connectivity index (χ1v) is 8.68. The zero-order valence-corrected chi connectivity index (χ0v) is 14.6. The molecule has 0 aliphatic rings. The van der Waals surface area contributed by atoms with Crippen LogP contribution in [0.5, 0.6) is 0 Å². The molecule has 130 valence electrons. The third kappa shape index (κ3) is 9.46. The molecule has 9 nitrogen and oxygen atoms in total. The highest BCUT2D eigenvalue weighted by Crippen LogP contribution is 2.10. The van der Waals surface area contributed by atoms with Crippen LogP contribution in [-0.2, 0) is 29.0 Å². The molecular formula is C13H21N3O6S. The Morgan fingerprint density at radius 3 is 2.30 bits per heavy atom. The van der Waals surface area contributed by atoms with Crippen molar-refractivity contribution in [2.24, 2.45) is 5.16 Å². The van der Waals surface area contributed by atoms with Crippen molar-refractivity contribution in [1.82, 2.24) is 5.32 Å². The fraction of sp³-hybridized carbons (Fsp3) is 0.692. The summed E-state index contributed by atoms with van der Waals surface area (Å²) in [6.45, 7) is 4.90. The molecule has 0 aliphatic heterocycles. The van der Waals surface area contributed by atoms with E-state index in [0.29, 0.717) is 0 Å². The number of rotatable bonds is 7. The summed E-state index contributed by atoms with van der Waals surface area (Å²) in [4.78, 5) is 28.3. The molecule has 0 bridgehead atoms. The van der Waals surface area contributed by atoms with Crippen molar-refractivity contribution < 1.29 is 27.6 Å². The minimum Gasteiger partial charge on any atom is -0.458 e. The zero-order chi connectivity index (χ0) is 18.3. The van der Waals surface area contributed by atoms with Crippen LogP contribution in [-0.4, -0.2) is 56.8 Å². The van der Waals surface area contributed by atoms with Crippen molar-refractivity contribution in [3.8, 4) is 6.07 Å². The van der Waals surface area contributed by atoms with E-state index in [1.165, 1.54) is 6.07 Å². The average molecular weight is 347 g/mol. The summed E-state index contributed by atoms with van der Waals surface area (Å²) in [6.07, 6.45) is 0.819. The monoisotopic (exact) mass is 347 g/mol. The molecule has 0 heterocycles. The summed E-state index contributed by atoms with van der Waals surface area (Å²) in [6, 6.07) is 0.280. The van der Waals surface area contributed by atoms with E-state index in [0.717, 1.165) is 13.4 Å². The number of sulfone groups is 1. The number of hydrogen-bond donors (Lipinski definition) is 1. The molecular weight excluding hydrogens is 326 g/mol. The van der Waals surface area contributed by atoms with Crippen LogP contribution in [0.25, 0.3) is 0 Å². The number of carbonyl (C=O) groups is 2. The van der Waals surface area contributed by atoms with E-state index in [1.54, 1.807) is 20.8 Å². The lowest BCUT2D eigenvalue weighted by Crippen LogP contribution is -2.47. The average Bonchev–Trinajstić information content (AvgIpc) is 2.37. The normalized spacial score (nSPS) is 13.7. The number of amides is 1. The molecule has 1 atom stereocenters. The van der Waals surface area contributed by atoms with Gasteiger partial charge in [0.25, 0.3) is 5.91 Å². The van der Waals surface area contributed by atoms with E-state index in [4.69, 9.17) is 10.00 Å². The van der Waals surface area contributed by atoms with Gasteiger partial charge in [-0.25, -0.2) is 13.2 Å². The van der Waals surface area contributed by atoms with Crippen LogP contribution in [0.4, 0.5) is 0 Å². The molecule has 0 saturated heterocycles. The Balaban J connectivity index is 5.20. The van der Waals surface area contributed by atoms with Gasteiger partial charge in [-0.2, -0.15) is 5.26 Å². The maximum absolute atomic E-state index is 12.1. The number of oxime groups is 1. The van der Waals surface area contributed by atoms with Crippen molar-refractivity contribution in [2.75, 3.05) is 19.1 Å². The smallest absolute Gasteiger partial charge is 0.329 e. The van der Waals surface area contributed by atoms with Crippen LogP contribution in [0.15, 0.2) is 5.16 Å². The maximum Gasteiger partial charge on any atom is 0.329 e. The van der Waals surface area contributed by atoms with Crippen molar-refractivity contribution in [3.05, 3.63) is 0 Å². The number of hydrogen-bond acceptors (Lipinski definition) is 8. The first-order valence-electron chi connectivity index (χ1n) is 6.62. The first kappa shape index (κ1) is 20.9. The Labute approximate surface area is 135 Å². The number of carbonyl (C=O) groups excluding carboxylic acids is 2. The second-order valence-electron chi connectivity index (χ2n) is 5.71. The number of nitrogens with one attached hydrogen (secondary N) is 1. The Morgan fingerprint density at radius 2 is 1.91 bits per heavy atom. The molecule has 0 radical (unpaired) electrons. The highest BCUT2D eigenvalue weighted by molar-refractivity contribution is 7.90. The van der Waals surface area contributed by atoms with Crippen LogP contribution in [0.3, 0.4) is 0 Å². The van der Waals surface area contributed by atoms with Crippen LogP contribution in [0.1, 0.15) is 27.2 Å². The Kier molecular flexibility index (Phi) is 7.68. The topological polar surface area (TPSA) is 135 Å². The fourth-order valence-electron chi connectivity index (χ4n) is 1.38. The van der Waals surface area contributed by atoms with Gasteiger partial charge in [0.15, 0.2) is 0 Å². The third-order valence-corrected chi connectivity index (χ3v) is 3.25. The molecule has 0 aromatic rings. The second kappa shape index (κ2) is 8.47. The molecule has 0 fully saturated rings. The minimum absolute atomic E-state index is 0.189. The molecule has 10 heteroatoms. The van der Waals surface area contributed by atoms with Crippen molar-refractivity contribution in [1.29, 1.82) is 5.26 Å². The van der Waals surface area contributed by atoms with E-state index < -0.39 is 39.1 Å². The lowest BCUT2D eigenvalue weighted by molar-refractivity contribution is -0.158. The highest BCUT2D eigenvalue weighted by atomic mass is 32.2. The van der Waals surface area contributed by atoms with Gasteiger partial charge < -0.3 is 14.9 Å². The van der Waals surface area contributed by atoms with E-state index in [1.807, 2.05) is 0 Å². The Morgan fingerprint density at radius 1 is 1.35 bits per heavy atom. The molecule has 23 heavy (non-hydrogen) atoms. The van der Waals surface area contributed by atoms with Crippen molar-refractivity contribution in [2.45, 2.75) is 38.8 Å². The summed E-state index contributed by atoms with van der Waals surface area (Å²) in [5.41, 5.74) is -1.41. The summed E-state index contributed by atoms with van der Waals surface area (Å²) < 4.78 is 27.7. The largest absolute Gasteiger partial charge is 0.458 e. The van der Waals surface area contributed by atoms with Crippen molar-refractivity contribution >= 4 is 27.4 Å². The van der Waals surface area contributed by atoms with E-state index >= 15 is 0 Å². The van der Waals surface area contributed by atoms with Crippen LogP contribution < -0.4 is 5.32 Å². The molecule has 1 unspecified atom stereocenters. The molecule has 0 aromatic carbocycles. The number of nitrogens with zero attached hydrogens (tertiary/aromatic N) is 2. The van der Waals surface area contributed by atoms with E-state index in [-0.39, 0.29) is 12.2 Å². The molecule has 0 aliphatic carbocycles. The predicted octanol–water partition coefficient (Wildman–Crippen LogP) is -0.226. The lowest BCUT2D eigenvalue weighted by Gasteiger charge is -2.24. The van der Waals surface area contributed by atoms with Gasteiger partial charge in [0, 0.05) is 6.26 Å². The highest BCUT2D eigenvalue weighted by Gasteiger charge is 2.29. The van der Waals surface area contributed by atoms with Gasteiger partial charge in [-0.05, 0) is 27.2 Å². The van der Waals surface area contributed by atoms with Gasteiger partial charge in [-0.1, -0.05) is 5.16 Å².